The zero-order chi connectivity index (χ0) is 16.2. The summed E-state index contributed by atoms with van der Waals surface area (Å²) in [5.74, 6) is 3.98. The number of nitrogens with zero attached hydrogens (tertiary/aromatic N) is 4. The van der Waals surface area contributed by atoms with Gasteiger partial charge in [0.15, 0.2) is 5.82 Å². The molecule has 0 spiro atoms. The summed E-state index contributed by atoms with van der Waals surface area (Å²) in [6.07, 6.45) is 6.20. The molecule has 0 unspecified atom stereocenters. The fourth-order valence-corrected chi connectivity index (χ4v) is 2.32. The van der Waals surface area contributed by atoms with E-state index in [9.17, 15) is 4.79 Å². The van der Waals surface area contributed by atoms with Gasteiger partial charge in [-0.3, -0.25) is 9.69 Å². The lowest BCUT2D eigenvalue weighted by Gasteiger charge is -2.33. The predicted octanol–water partition coefficient (Wildman–Crippen LogP) is 1.08. The SMILES string of the molecule is C#CCN1CCN(C(=O)CCc2nc(C(C)(C)C)no2)CC1. The summed E-state index contributed by atoms with van der Waals surface area (Å²) in [6, 6.07) is 0. The van der Waals surface area contributed by atoms with Crippen LogP contribution in [0.25, 0.3) is 0 Å². The molecule has 2 heterocycles. The van der Waals surface area contributed by atoms with Crippen LogP contribution >= 0.6 is 0 Å². The Morgan fingerprint density at radius 3 is 2.55 bits per heavy atom. The Morgan fingerprint density at radius 1 is 1.32 bits per heavy atom. The number of terminal acetylenes is 1. The van der Waals surface area contributed by atoms with Crippen molar-refractivity contribution in [1.29, 1.82) is 0 Å². The van der Waals surface area contributed by atoms with E-state index in [-0.39, 0.29) is 11.3 Å². The third-order valence-electron chi connectivity index (χ3n) is 3.73. The predicted molar refractivity (Wildman–Crippen MR) is 83.2 cm³/mol. The van der Waals surface area contributed by atoms with Crippen LogP contribution in [0.4, 0.5) is 0 Å². The summed E-state index contributed by atoms with van der Waals surface area (Å²) in [5, 5.41) is 3.97. The lowest BCUT2D eigenvalue weighted by molar-refractivity contribution is -0.132. The first-order chi connectivity index (χ1) is 10.4. The minimum atomic E-state index is -0.140. The molecule has 0 radical (unpaired) electrons. The van der Waals surface area contributed by atoms with Crippen LogP contribution in [0.1, 0.15) is 38.9 Å². The minimum absolute atomic E-state index is 0.135. The molecule has 0 aliphatic carbocycles. The van der Waals surface area contributed by atoms with Gasteiger partial charge in [0, 0.05) is 44.4 Å². The molecular formula is C16H24N4O2. The minimum Gasteiger partial charge on any atom is -0.340 e. The quantitative estimate of drug-likeness (QED) is 0.779. The number of amides is 1. The van der Waals surface area contributed by atoms with Crippen molar-refractivity contribution in [3.8, 4) is 12.3 Å². The van der Waals surface area contributed by atoms with E-state index in [2.05, 4.69) is 21.0 Å². The molecule has 1 amide bonds. The van der Waals surface area contributed by atoms with Crippen LogP contribution in [0, 0.1) is 12.3 Å². The number of rotatable bonds is 4. The molecule has 1 aliphatic rings. The molecule has 0 aromatic carbocycles. The van der Waals surface area contributed by atoms with Gasteiger partial charge < -0.3 is 9.42 Å². The second-order valence-electron chi connectivity index (χ2n) is 6.62. The van der Waals surface area contributed by atoms with Gasteiger partial charge in [-0.2, -0.15) is 4.98 Å². The first-order valence-corrected chi connectivity index (χ1v) is 7.67. The largest absolute Gasteiger partial charge is 0.340 e. The molecule has 1 aromatic heterocycles. The van der Waals surface area contributed by atoms with Gasteiger partial charge in [-0.1, -0.05) is 31.8 Å². The van der Waals surface area contributed by atoms with E-state index in [4.69, 9.17) is 10.9 Å². The highest BCUT2D eigenvalue weighted by Gasteiger charge is 2.23. The molecule has 6 heteroatoms. The number of aromatic nitrogens is 2. The van der Waals surface area contributed by atoms with Gasteiger partial charge in [-0.05, 0) is 0 Å². The van der Waals surface area contributed by atoms with Crippen LogP contribution in [0.2, 0.25) is 0 Å². The molecule has 6 nitrogen and oxygen atoms in total. The van der Waals surface area contributed by atoms with E-state index >= 15 is 0 Å². The van der Waals surface area contributed by atoms with Crippen molar-refractivity contribution < 1.29 is 9.32 Å². The molecule has 0 N–H and O–H groups in total. The zero-order valence-electron chi connectivity index (χ0n) is 13.6. The second kappa shape index (κ2) is 6.93. The molecule has 120 valence electrons. The van der Waals surface area contributed by atoms with E-state index < -0.39 is 0 Å². The van der Waals surface area contributed by atoms with Crippen molar-refractivity contribution in [1.82, 2.24) is 19.9 Å². The van der Waals surface area contributed by atoms with Gasteiger partial charge in [-0.25, -0.2) is 0 Å². The molecule has 0 saturated carbocycles. The van der Waals surface area contributed by atoms with Crippen LogP contribution in [0.5, 0.6) is 0 Å². The monoisotopic (exact) mass is 304 g/mol. The second-order valence-corrected chi connectivity index (χ2v) is 6.62. The Kier molecular flexibility index (Phi) is 5.19. The number of carbonyl (C=O) groups is 1. The van der Waals surface area contributed by atoms with E-state index in [1.807, 2.05) is 25.7 Å². The van der Waals surface area contributed by atoms with Crippen LogP contribution in [-0.2, 0) is 16.6 Å². The first-order valence-electron chi connectivity index (χ1n) is 7.67. The fraction of sp³-hybridized carbons (Fsp3) is 0.688. The van der Waals surface area contributed by atoms with Gasteiger partial charge >= 0.3 is 0 Å². The van der Waals surface area contributed by atoms with Gasteiger partial charge in [-0.15, -0.1) is 6.42 Å². The Balaban J connectivity index is 1.79. The van der Waals surface area contributed by atoms with Crippen molar-refractivity contribution in [2.45, 2.75) is 39.0 Å². The molecule has 1 saturated heterocycles. The summed E-state index contributed by atoms with van der Waals surface area (Å²) in [7, 11) is 0. The van der Waals surface area contributed by atoms with E-state index in [0.29, 0.717) is 31.1 Å². The highest BCUT2D eigenvalue weighted by molar-refractivity contribution is 5.76. The maximum atomic E-state index is 12.2. The molecule has 1 fully saturated rings. The van der Waals surface area contributed by atoms with E-state index in [1.54, 1.807) is 0 Å². The molecule has 0 bridgehead atoms. The Morgan fingerprint density at radius 2 is 2.00 bits per heavy atom. The summed E-state index contributed by atoms with van der Waals surface area (Å²) < 4.78 is 5.22. The first kappa shape index (κ1) is 16.5. The van der Waals surface area contributed by atoms with Crippen molar-refractivity contribution in [2.24, 2.45) is 0 Å². The molecule has 0 atom stereocenters. The molecule has 2 rings (SSSR count). The lowest BCUT2D eigenvalue weighted by atomic mass is 9.96. The zero-order valence-corrected chi connectivity index (χ0v) is 13.6. The highest BCUT2D eigenvalue weighted by Crippen LogP contribution is 2.19. The van der Waals surface area contributed by atoms with Crippen molar-refractivity contribution >= 4 is 5.91 Å². The highest BCUT2D eigenvalue weighted by atomic mass is 16.5. The number of carbonyl (C=O) groups excluding carboxylic acids is 1. The summed E-state index contributed by atoms with van der Waals surface area (Å²) in [6.45, 7) is 9.89. The van der Waals surface area contributed by atoms with Crippen molar-refractivity contribution in [3.63, 3.8) is 0 Å². The molecular weight excluding hydrogens is 280 g/mol. The maximum absolute atomic E-state index is 12.2. The van der Waals surface area contributed by atoms with Crippen LogP contribution in [0.3, 0.4) is 0 Å². The topological polar surface area (TPSA) is 62.5 Å². The van der Waals surface area contributed by atoms with Crippen LogP contribution in [0.15, 0.2) is 4.52 Å². The molecule has 22 heavy (non-hydrogen) atoms. The van der Waals surface area contributed by atoms with Crippen molar-refractivity contribution in [3.05, 3.63) is 11.7 Å². The number of aryl methyl sites for hydroxylation is 1. The smallest absolute Gasteiger partial charge is 0.227 e. The van der Waals surface area contributed by atoms with Gasteiger partial charge in [0.05, 0.1) is 6.54 Å². The molecule has 1 aromatic rings. The summed E-state index contributed by atoms with van der Waals surface area (Å²) in [5.41, 5.74) is -0.140. The Labute approximate surface area is 131 Å². The van der Waals surface area contributed by atoms with Gasteiger partial charge in [0.25, 0.3) is 0 Å². The fourth-order valence-electron chi connectivity index (χ4n) is 2.32. The Bertz CT molecular complexity index is 545. The Hall–Kier alpha value is -1.87. The summed E-state index contributed by atoms with van der Waals surface area (Å²) in [4.78, 5) is 20.6. The number of hydrogen-bond acceptors (Lipinski definition) is 5. The van der Waals surface area contributed by atoms with E-state index in [0.717, 1.165) is 26.2 Å². The third-order valence-corrected chi connectivity index (χ3v) is 3.73. The van der Waals surface area contributed by atoms with Crippen LogP contribution < -0.4 is 0 Å². The molecule has 1 aliphatic heterocycles. The third kappa shape index (κ3) is 4.31. The average molecular weight is 304 g/mol. The van der Waals surface area contributed by atoms with Crippen molar-refractivity contribution in [2.75, 3.05) is 32.7 Å². The number of hydrogen-bond donors (Lipinski definition) is 0. The summed E-state index contributed by atoms with van der Waals surface area (Å²) >= 11 is 0. The van der Waals surface area contributed by atoms with Gasteiger partial charge in [0.2, 0.25) is 11.8 Å². The maximum Gasteiger partial charge on any atom is 0.227 e. The van der Waals surface area contributed by atoms with Crippen LogP contribution in [-0.4, -0.2) is 58.6 Å². The van der Waals surface area contributed by atoms with Gasteiger partial charge in [0.1, 0.15) is 0 Å². The standard InChI is InChI=1S/C16H24N4O2/c1-5-8-19-9-11-20(12-10-19)14(21)7-6-13-17-15(18-22-13)16(2,3)4/h1H,6-12H2,2-4H3. The number of piperazine rings is 1. The average Bonchev–Trinajstić information content (AvgIpc) is 2.95. The normalized spacial score (nSPS) is 16.5. The van der Waals surface area contributed by atoms with E-state index in [1.165, 1.54) is 0 Å². The lowest BCUT2D eigenvalue weighted by Crippen LogP contribution is -2.48.